The van der Waals surface area contributed by atoms with E-state index in [9.17, 15) is 4.79 Å². The first-order chi connectivity index (χ1) is 8.38. The van der Waals surface area contributed by atoms with Gasteiger partial charge in [-0.25, -0.2) is 0 Å². The highest BCUT2D eigenvalue weighted by atomic mass is 16.2. The zero-order valence-corrected chi connectivity index (χ0v) is 12.6. The molecule has 0 bridgehead atoms. The van der Waals surface area contributed by atoms with Crippen molar-refractivity contribution >= 4 is 5.91 Å². The first-order valence-electron chi connectivity index (χ1n) is 7.44. The summed E-state index contributed by atoms with van der Waals surface area (Å²) in [6, 6.07) is 0.532. The highest BCUT2D eigenvalue weighted by Gasteiger charge is 2.57. The maximum atomic E-state index is 12.3. The van der Waals surface area contributed by atoms with Gasteiger partial charge in [0.05, 0.1) is 5.54 Å². The molecule has 0 aromatic heterocycles. The van der Waals surface area contributed by atoms with Gasteiger partial charge in [-0.05, 0) is 25.7 Å². The van der Waals surface area contributed by atoms with Crippen LogP contribution in [0, 0.1) is 11.8 Å². The fourth-order valence-corrected chi connectivity index (χ4v) is 3.68. The van der Waals surface area contributed by atoms with Gasteiger partial charge in [-0.1, -0.05) is 27.7 Å². The van der Waals surface area contributed by atoms with Crippen LogP contribution in [0.25, 0.3) is 0 Å². The van der Waals surface area contributed by atoms with Crippen molar-refractivity contribution in [3.63, 3.8) is 0 Å². The summed E-state index contributed by atoms with van der Waals surface area (Å²) in [5, 5.41) is 0. The van der Waals surface area contributed by atoms with Crippen molar-refractivity contribution < 1.29 is 4.79 Å². The van der Waals surface area contributed by atoms with Gasteiger partial charge in [0.1, 0.15) is 0 Å². The Bertz CT molecular complexity index is 326. The molecule has 0 saturated carbocycles. The molecule has 1 spiro atoms. The number of hydrogen-bond acceptors (Lipinski definition) is 2. The van der Waals surface area contributed by atoms with E-state index < -0.39 is 0 Å². The van der Waals surface area contributed by atoms with E-state index in [0.29, 0.717) is 17.9 Å². The van der Waals surface area contributed by atoms with E-state index in [1.807, 2.05) is 13.8 Å². The number of rotatable bonds is 3. The quantitative estimate of drug-likeness (QED) is 0.770. The lowest BCUT2D eigenvalue weighted by Crippen LogP contribution is -2.74. The van der Waals surface area contributed by atoms with Crippen LogP contribution in [0.4, 0.5) is 0 Å². The van der Waals surface area contributed by atoms with Crippen LogP contribution in [0.2, 0.25) is 0 Å². The second-order valence-corrected chi connectivity index (χ2v) is 6.85. The number of amides is 1. The Labute approximate surface area is 112 Å². The van der Waals surface area contributed by atoms with E-state index in [0.717, 1.165) is 19.6 Å². The molecule has 1 amide bonds. The molecular formula is C15H28N2O. The second-order valence-electron chi connectivity index (χ2n) is 6.85. The van der Waals surface area contributed by atoms with Crippen LogP contribution in [0.15, 0.2) is 0 Å². The molecular weight excluding hydrogens is 224 g/mol. The Kier molecular flexibility index (Phi) is 3.72. The smallest absolute Gasteiger partial charge is 0.225 e. The van der Waals surface area contributed by atoms with E-state index in [1.165, 1.54) is 12.8 Å². The van der Waals surface area contributed by atoms with E-state index in [4.69, 9.17) is 0 Å². The molecule has 0 radical (unpaired) electrons. The van der Waals surface area contributed by atoms with Crippen molar-refractivity contribution in [2.24, 2.45) is 11.8 Å². The van der Waals surface area contributed by atoms with Crippen LogP contribution in [-0.4, -0.2) is 46.9 Å². The summed E-state index contributed by atoms with van der Waals surface area (Å²) in [5.41, 5.74) is 0.163. The van der Waals surface area contributed by atoms with E-state index in [-0.39, 0.29) is 11.5 Å². The van der Waals surface area contributed by atoms with Crippen molar-refractivity contribution in [2.75, 3.05) is 19.6 Å². The Morgan fingerprint density at radius 1 is 1.33 bits per heavy atom. The molecule has 2 heterocycles. The summed E-state index contributed by atoms with van der Waals surface area (Å²) < 4.78 is 0. The van der Waals surface area contributed by atoms with Gasteiger partial charge >= 0.3 is 0 Å². The van der Waals surface area contributed by atoms with Gasteiger partial charge in [-0.15, -0.1) is 0 Å². The number of carbonyl (C=O) groups is 1. The van der Waals surface area contributed by atoms with Crippen molar-refractivity contribution in [3.8, 4) is 0 Å². The van der Waals surface area contributed by atoms with Crippen LogP contribution in [0.5, 0.6) is 0 Å². The molecule has 0 aliphatic carbocycles. The number of carbonyl (C=O) groups excluding carboxylic acids is 1. The molecule has 0 N–H and O–H groups in total. The molecule has 0 aromatic rings. The molecule has 2 saturated heterocycles. The normalized spacial score (nSPS) is 32.6. The fraction of sp³-hybridized carbons (Fsp3) is 0.933. The molecule has 18 heavy (non-hydrogen) atoms. The van der Waals surface area contributed by atoms with Gasteiger partial charge in [0, 0.05) is 31.6 Å². The van der Waals surface area contributed by atoms with E-state index in [2.05, 4.69) is 30.6 Å². The summed E-state index contributed by atoms with van der Waals surface area (Å²) in [6.45, 7) is 14.1. The third kappa shape index (κ3) is 2.07. The van der Waals surface area contributed by atoms with Gasteiger partial charge in [0.15, 0.2) is 0 Å². The minimum atomic E-state index is 0.131. The monoisotopic (exact) mass is 252 g/mol. The summed E-state index contributed by atoms with van der Waals surface area (Å²) in [7, 11) is 0. The summed E-state index contributed by atoms with van der Waals surface area (Å²) in [4.78, 5) is 17.1. The van der Waals surface area contributed by atoms with Gasteiger partial charge in [0.2, 0.25) is 5.91 Å². The average molecular weight is 252 g/mol. The van der Waals surface area contributed by atoms with Crippen LogP contribution < -0.4 is 0 Å². The molecule has 2 rings (SSSR count). The van der Waals surface area contributed by atoms with Crippen LogP contribution in [-0.2, 0) is 4.79 Å². The maximum absolute atomic E-state index is 12.3. The SMILES string of the molecule is CC(C)CN1CC2(CCCN2C(=O)C(C)C)C1C. The third-order valence-corrected chi connectivity index (χ3v) is 4.69. The Morgan fingerprint density at radius 3 is 2.50 bits per heavy atom. The Hall–Kier alpha value is -0.570. The average Bonchev–Trinajstić information content (AvgIpc) is 2.73. The topological polar surface area (TPSA) is 23.6 Å². The van der Waals surface area contributed by atoms with Crippen molar-refractivity contribution in [1.29, 1.82) is 0 Å². The first-order valence-corrected chi connectivity index (χ1v) is 7.44. The number of hydrogen-bond donors (Lipinski definition) is 0. The number of nitrogens with zero attached hydrogens (tertiary/aromatic N) is 2. The van der Waals surface area contributed by atoms with Gasteiger partial charge in [-0.3, -0.25) is 9.69 Å². The highest BCUT2D eigenvalue weighted by Crippen LogP contribution is 2.43. The molecule has 0 aromatic carbocycles. The first kappa shape index (κ1) is 13.9. The minimum absolute atomic E-state index is 0.131. The lowest BCUT2D eigenvalue weighted by atomic mass is 9.77. The van der Waals surface area contributed by atoms with Crippen molar-refractivity contribution in [1.82, 2.24) is 9.80 Å². The molecule has 2 atom stereocenters. The van der Waals surface area contributed by atoms with Crippen molar-refractivity contribution in [3.05, 3.63) is 0 Å². The molecule has 3 nitrogen and oxygen atoms in total. The molecule has 2 aliphatic heterocycles. The largest absolute Gasteiger partial charge is 0.334 e. The minimum Gasteiger partial charge on any atom is -0.334 e. The lowest BCUT2D eigenvalue weighted by Gasteiger charge is -2.59. The molecule has 2 aliphatic rings. The Morgan fingerprint density at radius 2 is 2.00 bits per heavy atom. The highest BCUT2D eigenvalue weighted by molar-refractivity contribution is 5.79. The van der Waals surface area contributed by atoms with Crippen LogP contribution in [0.1, 0.15) is 47.5 Å². The predicted octanol–water partition coefficient (Wildman–Crippen LogP) is 2.36. The number of likely N-dealkylation sites (tertiary alicyclic amines) is 2. The van der Waals surface area contributed by atoms with E-state index >= 15 is 0 Å². The summed E-state index contributed by atoms with van der Waals surface area (Å²) in [6.07, 6.45) is 2.37. The van der Waals surface area contributed by atoms with Crippen LogP contribution >= 0.6 is 0 Å². The molecule has 3 heteroatoms. The van der Waals surface area contributed by atoms with Gasteiger partial charge in [0.25, 0.3) is 0 Å². The molecule has 2 fully saturated rings. The second kappa shape index (κ2) is 4.84. The lowest BCUT2D eigenvalue weighted by molar-refractivity contribution is -0.153. The summed E-state index contributed by atoms with van der Waals surface area (Å²) >= 11 is 0. The molecule has 104 valence electrons. The maximum Gasteiger partial charge on any atom is 0.225 e. The van der Waals surface area contributed by atoms with E-state index in [1.54, 1.807) is 0 Å². The zero-order valence-electron chi connectivity index (χ0n) is 12.6. The standard InChI is InChI=1S/C15H28N2O/c1-11(2)9-16-10-15(13(16)5)7-6-8-17(15)14(18)12(3)4/h11-13H,6-10H2,1-5H3. The third-order valence-electron chi connectivity index (χ3n) is 4.69. The van der Waals surface area contributed by atoms with Gasteiger partial charge < -0.3 is 4.90 Å². The molecule has 2 unspecified atom stereocenters. The van der Waals surface area contributed by atoms with Gasteiger partial charge in [-0.2, -0.15) is 0 Å². The fourth-order valence-electron chi connectivity index (χ4n) is 3.68. The zero-order chi connectivity index (χ0) is 13.5. The van der Waals surface area contributed by atoms with Crippen molar-refractivity contribution in [2.45, 2.75) is 59.0 Å². The predicted molar refractivity (Wildman–Crippen MR) is 74.4 cm³/mol. The van der Waals surface area contributed by atoms with Crippen LogP contribution in [0.3, 0.4) is 0 Å². The summed E-state index contributed by atoms with van der Waals surface area (Å²) in [5.74, 6) is 1.19. The Balaban J connectivity index is 2.06.